The summed E-state index contributed by atoms with van der Waals surface area (Å²) in [4.78, 5) is 27.4. The maximum atomic E-state index is 14.0. The number of nitrogens with one attached hydrogen (secondary N) is 1. The standard InChI is InChI=1S/C29H21NO2/c31-27-25-19-11-10-18-24(25)26(20-21-12-4-1-5-13-21)29(27,23-16-8-3-9-17-23)30-28(32)22-14-6-2-7-15-22/h1-20H,(H,30,32)/b26-20-/t29-/m1/s1. The van der Waals surface area contributed by atoms with E-state index in [9.17, 15) is 9.59 Å². The molecule has 32 heavy (non-hydrogen) atoms. The number of carbonyl (C=O) groups excluding carboxylic acids is 2. The van der Waals surface area contributed by atoms with Crippen LogP contribution in [0.25, 0.3) is 11.6 Å². The number of rotatable bonds is 4. The van der Waals surface area contributed by atoms with E-state index in [0.717, 1.165) is 22.3 Å². The van der Waals surface area contributed by atoms with Gasteiger partial charge in [-0.25, -0.2) is 0 Å². The van der Waals surface area contributed by atoms with E-state index in [1.807, 2.05) is 109 Å². The van der Waals surface area contributed by atoms with Gasteiger partial charge >= 0.3 is 0 Å². The molecule has 0 aliphatic heterocycles. The predicted molar refractivity (Wildman–Crippen MR) is 127 cm³/mol. The Morgan fingerprint density at radius 3 is 1.84 bits per heavy atom. The average molecular weight is 415 g/mol. The molecule has 3 nitrogen and oxygen atoms in total. The third-order valence-electron chi connectivity index (χ3n) is 5.86. The van der Waals surface area contributed by atoms with Crippen molar-refractivity contribution in [2.75, 3.05) is 0 Å². The summed E-state index contributed by atoms with van der Waals surface area (Å²) in [6.07, 6.45) is 2.00. The molecule has 0 unspecified atom stereocenters. The minimum absolute atomic E-state index is 0.134. The van der Waals surface area contributed by atoms with Crippen molar-refractivity contribution in [2.45, 2.75) is 5.54 Å². The van der Waals surface area contributed by atoms with Crippen LogP contribution < -0.4 is 5.32 Å². The first-order valence-electron chi connectivity index (χ1n) is 10.5. The number of hydrogen-bond acceptors (Lipinski definition) is 2. The van der Waals surface area contributed by atoms with E-state index in [1.54, 1.807) is 12.1 Å². The zero-order valence-corrected chi connectivity index (χ0v) is 17.4. The lowest BCUT2D eigenvalue weighted by Crippen LogP contribution is -2.50. The predicted octanol–water partition coefficient (Wildman–Crippen LogP) is 5.75. The van der Waals surface area contributed by atoms with Crippen LogP contribution in [0, 0.1) is 0 Å². The largest absolute Gasteiger partial charge is 0.332 e. The minimum Gasteiger partial charge on any atom is -0.332 e. The first kappa shape index (κ1) is 19.7. The van der Waals surface area contributed by atoms with Gasteiger partial charge in [0.05, 0.1) is 0 Å². The van der Waals surface area contributed by atoms with Crippen LogP contribution in [0.1, 0.15) is 37.4 Å². The van der Waals surface area contributed by atoms with Crippen LogP contribution in [0.4, 0.5) is 0 Å². The zero-order chi connectivity index (χ0) is 22.0. The molecule has 4 aromatic carbocycles. The van der Waals surface area contributed by atoms with E-state index in [-0.39, 0.29) is 11.7 Å². The lowest BCUT2D eigenvalue weighted by atomic mass is 9.81. The molecule has 1 N–H and O–H groups in total. The van der Waals surface area contributed by atoms with Crippen LogP contribution >= 0.6 is 0 Å². The van der Waals surface area contributed by atoms with Crippen molar-refractivity contribution in [1.29, 1.82) is 0 Å². The first-order chi connectivity index (χ1) is 15.7. The van der Waals surface area contributed by atoms with Gasteiger partial charge in [-0.1, -0.05) is 103 Å². The summed E-state index contributed by atoms with van der Waals surface area (Å²) in [6, 6.07) is 35.9. The van der Waals surface area contributed by atoms with Crippen LogP contribution in [0.2, 0.25) is 0 Å². The van der Waals surface area contributed by atoms with E-state index < -0.39 is 5.54 Å². The fourth-order valence-corrected chi connectivity index (χ4v) is 4.35. The smallest absolute Gasteiger partial charge is 0.252 e. The summed E-state index contributed by atoms with van der Waals surface area (Å²) in [5.41, 5.74) is 3.07. The molecule has 154 valence electrons. The van der Waals surface area contributed by atoms with Gasteiger partial charge in [0.25, 0.3) is 5.91 Å². The molecule has 5 rings (SSSR count). The van der Waals surface area contributed by atoms with Crippen LogP contribution in [-0.4, -0.2) is 11.7 Å². The van der Waals surface area contributed by atoms with E-state index in [2.05, 4.69) is 5.32 Å². The van der Waals surface area contributed by atoms with Gasteiger partial charge in [0.1, 0.15) is 0 Å². The number of Topliss-reactive ketones (excluding diaryl/α,β-unsaturated/α-hetero) is 1. The highest BCUT2D eigenvalue weighted by Gasteiger charge is 2.51. The third-order valence-corrected chi connectivity index (χ3v) is 5.86. The molecule has 4 aromatic rings. The number of hydrogen-bond donors (Lipinski definition) is 1. The highest BCUT2D eigenvalue weighted by atomic mass is 16.2. The van der Waals surface area contributed by atoms with Crippen molar-refractivity contribution in [3.05, 3.63) is 143 Å². The molecule has 0 heterocycles. The zero-order valence-electron chi connectivity index (χ0n) is 17.4. The normalized spacial score (nSPS) is 18.4. The molecule has 1 atom stereocenters. The molecule has 0 saturated carbocycles. The Bertz CT molecular complexity index is 1310. The van der Waals surface area contributed by atoms with Crippen molar-refractivity contribution in [3.63, 3.8) is 0 Å². The van der Waals surface area contributed by atoms with Crippen LogP contribution in [0.5, 0.6) is 0 Å². The van der Waals surface area contributed by atoms with E-state index in [0.29, 0.717) is 11.1 Å². The number of fused-ring (bicyclic) bond motifs is 1. The number of carbonyl (C=O) groups is 2. The lowest BCUT2D eigenvalue weighted by molar-refractivity contribution is 0.0821. The van der Waals surface area contributed by atoms with Crippen molar-refractivity contribution >= 4 is 23.3 Å². The molecule has 1 aliphatic rings. The molecule has 0 saturated heterocycles. The molecule has 1 amide bonds. The molecule has 0 fully saturated rings. The number of amides is 1. The van der Waals surface area contributed by atoms with Gasteiger partial charge in [-0.15, -0.1) is 0 Å². The quantitative estimate of drug-likeness (QED) is 0.461. The molecule has 0 bridgehead atoms. The Labute approximate surface area is 187 Å². The van der Waals surface area contributed by atoms with Gasteiger partial charge in [-0.05, 0) is 40.5 Å². The fraction of sp³-hybridized carbons (Fsp3) is 0.0345. The Hall–Kier alpha value is -4.24. The molecule has 0 aromatic heterocycles. The van der Waals surface area contributed by atoms with Crippen molar-refractivity contribution in [2.24, 2.45) is 0 Å². The van der Waals surface area contributed by atoms with Gasteiger partial charge in [0, 0.05) is 11.1 Å². The SMILES string of the molecule is O=C(N[C@@]1(c2ccccc2)C(=O)c2ccccc2/C1=C/c1ccccc1)c1ccccc1. The summed E-state index contributed by atoms with van der Waals surface area (Å²) in [6.45, 7) is 0. The molecular weight excluding hydrogens is 394 g/mol. The van der Waals surface area contributed by atoms with E-state index in [1.165, 1.54) is 0 Å². The summed E-state index contributed by atoms with van der Waals surface area (Å²) in [7, 11) is 0. The second-order valence-electron chi connectivity index (χ2n) is 7.78. The Kier molecular flexibility index (Phi) is 5.00. The molecule has 3 heteroatoms. The molecule has 0 spiro atoms. The van der Waals surface area contributed by atoms with E-state index >= 15 is 0 Å². The first-order valence-corrected chi connectivity index (χ1v) is 10.5. The van der Waals surface area contributed by atoms with Gasteiger partial charge in [0.15, 0.2) is 11.3 Å². The number of benzene rings is 4. The summed E-state index contributed by atoms with van der Waals surface area (Å²) in [5, 5.41) is 3.14. The van der Waals surface area contributed by atoms with Crippen LogP contribution in [-0.2, 0) is 5.54 Å². The van der Waals surface area contributed by atoms with Gasteiger partial charge in [-0.2, -0.15) is 0 Å². The second kappa shape index (κ2) is 8.12. The van der Waals surface area contributed by atoms with Crippen LogP contribution in [0.3, 0.4) is 0 Å². The van der Waals surface area contributed by atoms with Crippen LogP contribution in [0.15, 0.2) is 115 Å². The summed E-state index contributed by atoms with van der Waals surface area (Å²) >= 11 is 0. The topological polar surface area (TPSA) is 46.2 Å². The van der Waals surface area contributed by atoms with Crippen molar-refractivity contribution < 1.29 is 9.59 Å². The average Bonchev–Trinajstić information content (AvgIpc) is 3.09. The Balaban J connectivity index is 1.76. The summed E-state index contributed by atoms with van der Waals surface area (Å²) in [5.74, 6) is -0.430. The highest BCUT2D eigenvalue weighted by molar-refractivity contribution is 6.24. The maximum Gasteiger partial charge on any atom is 0.252 e. The highest BCUT2D eigenvalue weighted by Crippen LogP contribution is 2.47. The maximum absolute atomic E-state index is 14.0. The Morgan fingerprint density at radius 2 is 1.19 bits per heavy atom. The van der Waals surface area contributed by atoms with Gasteiger partial charge in [-0.3, -0.25) is 9.59 Å². The fourth-order valence-electron chi connectivity index (χ4n) is 4.35. The third kappa shape index (κ3) is 3.25. The lowest BCUT2D eigenvalue weighted by Gasteiger charge is -2.32. The van der Waals surface area contributed by atoms with Gasteiger partial charge in [0.2, 0.25) is 0 Å². The Morgan fingerprint density at radius 1 is 0.656 bits per heavy atom. The second-order valence-corrected chi connectivity index (χ2v) is 7.78. The molecular formula is C29H21NO2. The minimum atomic E-state index is -1.33. The number of ketones is 1. The van der Waals surface area contributed by atoms with Crippen molar-refractivity contribution in [1.82, 2.24) is 5.32 Å². The van der Waals surface area contributed by atoms with Crippen molar-refractivity contribution in [3.8, 4) is 0 Å². The molecule has 1 aliphatic carbocycles. The van der Waals surface area contributed by atoms with E-state index in [4.69, 9.17) is 0 Å². The molecule has 0 radical (unpaired) electrons. The van der Waals surface area contributed by atoms with Gasteiger partial charge < -0.3 is 5.32 Å². The summed E-state index contributed by atoms with van der Waals surface area (Å²) < 4.78 is 0. The monoisotopic (exact) mass is 415 g/mol.